The number of anilines is 3. The molecule has 3 aromatic rings. The van der Waals surface area contributed by atoms with Gasteiger partial charge in [-0.3, -0.25) is 0 Å². The van der Waals surface area contributed by atoms with Gasteiger partial charge < -0.3 is 10.6 Å². The van der Waals surface area contributed by atoms with Gasteiger partial charge >= 0.3 is 0 Å². The van der Waals surface area contributed by atoms with Crippen LogP contribution in [-0.2, 0) is 6.54 Å². The fourth-order valence-electron chi connectivity index (χ4n) is 2.42. The summed E-state index contributed by atoms with van der Waals surface area (Å²) in [6, 6.07) is 14.4. The van der Waals surface area contributed by atoms with Gasteiger partial charge in [-0.05, 0) is 43.2 Å². The minimum atomic E-state index is -0.452. The number of rotatable bonds is 5. The van der Waals surface area contributed by atoms with Gasteiger partial charge in [0.15, 0.2) is 0 Å². The fourth-order valence-corrected chi connectivity index (χ4v) is 2.60. The largest absolute Gasteiger partial charge is 0.350 e. The molecule has 6 heteroatoms. The minimum absolute atomic E-state index is 0.0636. The zero-order chi connectivity index (χ0) is 17.8. The van der Waals surface area contributed by atoms with E-state index in [2.05, 4.69) is 39.7 Å². The summed E-state index contributed by atoms with van der Waals surface area (Å²) in [5.41, 5.74) is 3.88. The highest BCUT2D eigenvalue weighted by atomic mass is 35.5. The fraction of sp³-hybridized carbons (Fsp3) is 0.158. The lowest BCUT2D eigenvalue weighted by Crippen LogP contribution is -2.07. The van der Waals surface area contributed by atoms with Crippen LogP contribution in [0.4, 0.5) is 21.8 Å². The van der Waals surface area contributed by atoms with Gasteiger partial charge in [-0.15, -0.1) is 0 Å². The number of aryl methyl sites for hydroxylation is 2. The molecule has 0 radical (unpaired) electrons. The highest BCUT2D eigenvalue weighted by molar-refractivity contribution is 6.31. The molecule has 1 heterocycles. The Morgan fingerprint density at radius 1 is 1.04 bits per heavy atom. The smallest absolute Gasteiger partial charge is 0.225 e. The molecule has 0 saturated carbocycles. The number of hydrogen-bond acceptors (Lipinski definition) is 4. The van der Waals surface area contributed by atoms with E-state index in [4.69, 9.17) is 11.6 Å². The van der Waals surface area contributed by atoms with Crippen LogP contribution in [-0.4, -0.2) is 9.97 Å². The molecular formula is C19H18ClFN4. The van der Waals surface area contributed by atoms with Crippen molar-refractivity contribution < 1.29 is 4.39 Å². The lowest BCUT2D eigenvalue weighted by atomic mass is 10.1. The summed E-state index contributed by atoms with van der Waals surface area (Å²) < 4.78 is 13.3. The van der Waals surface area contributed by atoms with E-state index >= 15 is 0 Å². The first-order chi connectivity index (χ1) is 12.0. The minimum Gasteiger partial charge on any atom is -0.350 e. The number of aromatic nitrogens is 2. The van der Waals surface area contributed by atoms with Crippen molar-refractivity contribution in [3.63, 3.8) is 0 Å². The van der Waals surface area contributed by atoms with Crippen LogP contribution in [0.3, 0.4) is 0 Å². The van der Waals surface area contributed by atoms with Crippen molar-refractivity contribution >= 4 is 29.1 Å². The van der Waals surface area contributed by atoms with Crippen molar-refractivity contribution in [2.24, 2.45) is 0 Å². The highest BCUT2D eigenvalue weighted by Gasteiger charge is 2.06. The van der Waals surface area contributed by atoms with Gasteiger partial charge in [0.1, 0.15) is 11.6 Å². The van der Waals surface area contributed by atoms with Crippen LogP contribution < -0.4 is 10.6 Å². The van der Waals surface area contributed by atoms with Crippen molar-refractivity contribution in [1.29, 1.82) is 0 Å². The van der Waals surface area contributed by atoms with Crippen LogP contribution in [0.2, 0.25) is 5.02 Å². The van der Waals surface area contributed by atoms with Crippen LogP contribution in [0.1, 0.15) is 16.8 Å². The molecule has 2 aromatic carbocycles. The predicted molar refractivity (Wildman–Crippen MR) is 100.0 cm³/mol. The maximum atomic E-state index is 13.3. The van der Waals surface area contributed by atoms with Crippen LogP contribution in [0.5, 0.6) is 0 Å². The molecular weight excluding hydrogens is 339 g/mol. The third-order valence-corrected chi connectivity index (χ3v) is 4.03. The topological polar surface area (TPSA) is 49.8 Å². The molecule has 0 fully saturated rings. The zero-order valence-corrected chi connectivity index (χ0v) is 14.7. The van der Waals surface area contributed by atoms with E-state index in [0.29, 0.717) is 24.0 Å². The standard InChI is InChI=1S/C19H18ClFN4/c1-12-5-3-4-6-14(12)11-22-19-23-13(2)9-18(25-19)24-15-7-8-17(21)16(20)10-15/h3-10H,11H2,1-2H3,(H2,22,23,24,25). The lowest BCUT2D eigenvalue weighted by molar-refractivity contribution is 0.628. The number of hydrogen-bond donors (Lipinski definition) is 2. The van der Waals surface area contributed by atoms with E-state index in [1.165, 1.54) is 23.3 Å². The van der Waals surface area contributed by atoms with E-state index in [-0.39, 0.29) is 5.02 Å². The Kier molecular flexibility index (Phi) is 5.14. The first kappa shape index (κ1) is 17.2. The summed E-state index contributed by atoms with van der Waals surface area (Å²) in [7, 11) is 0. The molecule has 128 valence electrons. The summed E-state index contributed by atoms with van der Waals surface area (Å²) >= 11 is 5.81. The summed E-state index contributed by atoms with van der Waals surface area (Å²) in [5, 5.41) is 6.43. The van der Waals surface area contributed by atoms with Gasteiger partial charge in [-0.2, -0.15) is 4.98 Å². The van der Waals surface area contributed by atoms with Gasteiger partial charge in [-0.1, -0.05) is 35.9 Å². The summed E-state index contributed by atoms with van der Waals surface area (Å²) in [6.07, 6.45) is 0. The van der Waals surface area contributed by atoms with Crippen molar-refractivity contribution in [3.8, 4) is 0 Å². The Morgan fingerprint density at radius 3 is 2.60 bits per heavy atom. The van der Waals surface area contributed by atoms with Crippen LogP contribution in [0.25, 0.3) is 0 Å². The average molecular weight is 357 g/mol. The quantitative estimate of drug-likeness (QED) is 0.656. The normalized spacial score (nSPS) is 10.6. The van der Waals surface area contributed by atoms with Gasteiger partial charge in [0.05, 0.1) is 5.02 Å². The molecule has 25 heavy (non-hydrogen) atoms. The van der Waals surface area contributed by atoms with Crippen molar-refractivity contribution in [3.05, 3.63) is 76.2 Å². The number of benzene rings is 2. The van der Waals surface area contributed by atoms with Crippen LogP contribution in [0.15, 0.2) is 48.5 Å². The Balaban J connectivity index is 1.76. The molecule has 0 atom stereocenters. The Labute approximate surface area is 151 Å². The molecule has 0 unspecified atom stereocenters. The van der Waals surface area contributed by atoms with Gasteiger partial charge in [0, 0.05) is 24.0 Å². The summed E-state index contributed by atoms with van der Waals surface area (Å²) in [6.45, 7) is 4.60. The molecule has 0 aliphatic heterocycles. The van der Waals surface area contributed by atoms with E-state index in [1.54, 1.807) is 6.07 Å². The van der Waals surface area contributed by atoms with Gasteiger partial charge in [-0.25, -0.2) is 9.37 Å². The molecule has 0 saturated heterocycles. The SMILES string of the molecule is Cc1cc(Nc2ccc(F)c(Cl)c2)nc(NCc2ccccc2C)n1. The third kappa shape index (κ3) is 4.45. The second-order valence-corrected chi connectivity index (χ2v) is 6.16. The van der Waals surface area contributed by atoms with Crippen LogP contribution >= 0.6 is 11.6 Å². The van der Waals surface area contributed by atoms with Crippen LogP contribution in [0, 0.1) is 19.7 Å². The second-order valence-electron chi connectivity index (χ2n) is 5.75. The summed E-state index contributed by atoms with van der Waals surface area (Å²) in [5.74, 6) is 0.688. The highest BCUT2D eigenvalue weighted by Crippen LogP contribution is 2.23. The monoisotopic (exact) mass is 356 g/mol. The first-order valence-corrected chi connectivity index (χ1v) is 8.25. The van der Waals surface area contributed by atoms with E-state index in [0.717, 1.165) is 5.69 Å². The first-order valence-electron chi connectivity index (χ1n) is 7.87. The average Bonchev–Trinajstić information content (AvgIpc) is 2.57. The maximum Gasteiger partial charge on any atom is 0.225 e. The molecule has 2 N–H and O–H groups in total. The molecule has 3 rings (SSSR count). The van der Waals surface area contributed by atoms with E-state index in [9.17, 15) is 4.39 Å². The number of nitrogens with zero attached hydrogens (tertiary/aromatic N) is 2. The molecule has 0 spiro atoms. The molecule has 4 nitrogen and oxygen atoms in total. The van der Waals surface area contributed by atoms with Gasteiger partial charge in [0.2, 0.25) is 5.95 Å². The number of nitrogens with one attached hydrogen (secondary N) is 2. The van der Waals surface area contributed by atoms with Crippen molar-refractivity contribution in [2.45, 2.75) is 20.4 Å². The molecule has 0 aliphatic carbocycles. The maximum absolute atomic E-state index is 13.3. The predicted octanol–water partition coefficient (Wildman–Crippen LogP) is 5.24. The molecule has 0 aliphatic rings. The van der Waals surface area contributed by atoms with Crippen molar-refractivity contribution in [1.82, 2.24) is 9.97 Å². The molecule has 1 aromatic heterocycles. The number of halogens is 2. The Hall–Kier alpha value is -2.66. The molecule has 0 amide bonds. The van der Waals surface area contributed by atoms with E-state index in [1.807, 2.05) is 25.1 Å². The Morgan fingerprint density at radius 2 is 1.84 bits per heavy atom. The lowest BCUT2D eigenvalue weighted by Gasteiger charge is -2.11. The van der Waals surface area contributed by atoms with Gasteiger partial charge in [0.25, 0.3) is 0 Å². The second kappa shape index (κ2) is 7.49. The molecule has 0 bridgehead atoms. The summed E-state index contributed by atoms with van der Waals surface area (Å²) in [4.78, 5) is 8.86. The third-order valence-electron chi connectivity index (χ3n) is 3.74. The van der Waals surface area contributed by atoms with E-state index < -0.39 is 5.82 Å². The Bertz CT molecular complexity index is 898. The van der Waals surface area contributed by atoms with Crippen molar-refractivity contribution in [2.75, 3.05) is 10.6 Å². The zero-order valence-electron chi connectivity index (χ0n) is 14.0.